The van der Waals surface area contributed by atoms with Crippen LogP contribution in [0.15, 0.2) is 26.5 Å². The summed E-state index contributed by atoms with van der Waals surface area (Å²) < 4.78 is 4.68. The van der Waals surface area contributed by atoms with Crippen molar-refractivity contribution in [2.24, 2.45) is 0 Å². The Labute approximate surface area is 134 Å². The van der Waals surface area contributed by atoms with Gasteiger partial charge in [-0.2, -0.15) is 10.5 Å². The third kappa shape index (κ3) is 2.77. The average Bonchev–Trinajstić information content (AvgIpc) is 2.99. The lowest BCUT2D eigenvalue weighted by Gasteiger charge is -2.09. The van der Waals surface area contributed by atoms with Gasteiger partial charge in [-0.1, -0.05) is 5.37 Å². The summed E-state index contributed by atoms with van der Waals surface area (Å²) in [4.78, 5) is 20.2. The van der Waals surface area contributed by atoms with Crippen LogP contribution in [0.25, 0.3) is 11.2 Å². The summed E-state index contributed by atoms with van der Waals surface area (Å²) in [7, 11) is -0.165. The summed E-state index contributed by atoms with van der Waals surface area (Å²) in [5.41, 5.74) is 9.73. The van der Waals surface area contributed by atoms with Gasteiger partial charge in [0.25, 0.3) is 5.56 Å². The zero-order valence-electron chi connectivity index (χ0n) is 13.1. The van der Waals surface area contributed by atoms with E-state index in [9.17, 15) is 4.79 Å². The number of nitrogens with zero attached hydrogens (tertiary/aromatic N) is 3. The smallest absolute Gasteiger partial charge is 0.261 e. The average molecular weight is 331 g/mol. The Hall–Kier alpha value is -2.48. The van der Waals surface area contributed by atoms with Crippen molar-refractivity contribution in [2.45, 2.75) is 25.2 Å². The normalized spacial score (nSPS) is 12.8. The summed E-state index contributed by atoms with van der Waals surface area (Å²) >= 11 is 0. The largest absolute Gasteiger partial charge is 0.396 e. The summed E-state index contributed by atoms with van der Waals surface area (Å²) in [5.74, 6) is 0. The molecule has 0 aliphatic carbocycles. The van der Waals surface area contributed by atoms with Gasteiger partial charge in [0.1, 0.15) is 0 Å². The molecule has 0 radical (unpaired) electrons. The first-order valence-electron chi connectivity index (χ1n) is 7.05. The van der Waals surface area contributed by atoms with Crippen molar-refractivity contribution in [1.82, 2.24) is 20.3 Å². The van der Waals surface area contributed by atoms with Gasteiger partial charge in [0.2, 0.25) is 5.65 Å². The molecule has 8 heteroatoms. The first kappa shape index (κ1) is 15.4. The second-order valence-electron chi connectivity index (χ2n) is 5.17. The molecule has 3 rings (SSSR count). The van der Waals surface area contributed by atoms with Crippen LogP contribution in [0.1, 0.15) is 23.9 Å². The molecule has 23 heavy (non-hydrogen) atoms. The molecule has 0 aliphatic heterocycles. The van der Waals surface area contributed by atoms with E-state index in [0.29, 0.717) is 23.3 Å². The number of anilines is 1. The van der Waals surface area contributed by atoms with Crippen molar-refractivity contribution < 1.29 is 4.63 Å². The van der Waals surface area contributed by atoms with Gasteiger partial charge >= 0.3 is 0 Å². The first-order chi connectivity index (χ1) is 11.0. The number of nitrogens with two attached hydrogens (primary N) is 1. The molecule has 0 aromatic carbocycles. The van der Waals surface area contributed by atoms with Crippen LogP contribution in [-0.2, 0) is 6.42 Å². The lowest BCUT2D eigenvalue weighted by Crippen LogP contribution is -2.13. The maximum atomic E-state index is 12.2. The molecule has 0 aliphatic rings. The lowest BCUT2D eigenvalue weighted by molar-refractivity contribution is 0.315. The van der Waals surface area contributed by atoms with Gasteiger partial charge in [-0.25, -0.2) is 9.61 Å². The van der Waals surface area contributed by atoms with E-state index in [1.54, 1.807) is 0 Å². The van der Waals surface area contributed by atoms with E-state index in [2.05, 4.69) is 24.9 Å². The highest BCUT2D eigenvalue weighted by Crippen LogP contribution is 2.25. The Morgan fingerprint density at radius 3 is 2.87 bits per heavy atom. The van der Waals surface area contributed by atoms with Crippen LogP contribution < -0.4 is 11.3 Å². The molecule has 3 heterocycles. The zero-order chi connectivity index (χ0) is 16.6. The molecule has 0 saturated heterocycles. The number of pyridine rings is 2. The van der Waals surface area contributed by atoms with Crippen molar-refractivity contribution in [2.75, 3.05) is 12.0 Å². The number of hydrogen-bond acceptors (Lipinski definition) is 6. The molecular formula is C15H17N5O2S. The van der Waals surface area contributed by atoms with Crippen molar-refractivity contribution in [3.63, 3.8) is 0 Å². The van der Waals surface area contributed by atoms with Crippen LogP contribution in [0, 0.1) is 6.92 Å². The molecule has 0 saturated carbocycles. The molecule has 0 fully saturated rings. The molecule has 120 valence electrons. The van der Waals surface area contributed by atoms with Crippen molar-refractivity contribution in [3.8, 4) is 0 Å². The van der Waals surface area contributed by atoms with E-state index < -0.39 is 0 Å². The molecule has 1 atom stereocenters. The number of fused-ring (bicyclic) bond motifs is 1. The number of hydrogen-bond donors (Lipinski definition) is 2. The van der Waals surface area contributed by atoms with Gasteiger partial charge in [-0.3, -0.25) is 4.79 Å². The van der Waals surface area contributed by atoms with Crippen molar-refractivity contribution in [3.05, 3.63) is 39.4 Å². The minimum atomic E-state index is -0.165. The van der Waals surface area contributed by atoms with Gasteiger partial charge in [-0.05, 0) is 42.5 Å². The van der Waals surface area contributed by atoms with E-state index >= 15 is 0 Å². The van der Waals surface area contributed by atoms with Gasteiger partial charge in [0.15, 0.2) is 5.52 Å². The van der Waals surface area contributed by atoms with Gasteiger partial charge in [0, 0.05) is 23.4 Å². The molecular weight excluding hydrogens is 314 g/mol. The maximum Gasteiger partial charge on any atom is 0.261 e. The van der Waals surface area contributed by atoms with Gasteiger partial charge in [-0.15, -0.1) is 0 Å². The van der Waals surface area contributed by atoms with Gasteiger partial charge in [0.05, 0.1) is 10.6 Å². The Morgan fingerprint density at radius 2 is 2.17 bits per heavy atom. The van der Waals surface area contributed by atoms with Crippen molar-refractivity contribution >= 4 is 32.7 Å². The number of aromatic amines is 1. The van der Waals surface area contributed by atoms with Crippen LogP contribution in [0.3, 0.4) is 0 Å². The third-order valence-corrected chi connectivity index (χ3v) is 5.49. The van der Waals surface area contributed by atoms with Crippen LogP contribution >= 0.6 is 10.5 Å². The van der Waals surface area contributed by atoms with E-state index in [0.717, 1.165) is 21.8 Å². The standard InChI is InChI=1S/C15H17N5O2S/c1-4-23(3)11-6-5-9(18-15(11)21)7-10-8(2)17-14-13(12(10)16)19-22-20-14/h4-6H,7,16H2,1-3H3,(H,18,21). The Balaban J connectivity index is 2.03. The second-order valence-corrected chi connectivity index (χ2v) is 7.20. The van der Waals surface area contributed by atoms with E-state index in [-0.39, 0.29) is 16.0 Å². The van der Waals surface area contributed by atoms with Crippen molar-refractivity contribution in [1.29, 1.82) is 0 Å². The molecule has 3 aromatic rings. The van der Waals surface area contributed by atoms with Crippen LogP contribution in [-0.4, -0.2) is 31.9 Å². The predicted octanol–water partition coefficient (Wildman–Crippen LogP) is 1.87. The van der Waals surface area contributed by atoms with E-state index in [1.807, 2.05) is 37.6 Å². The molecule has 3 aromatic heterocycles. The Kier molecular flexibility index (Phi) is 3.99. The Bertz CT molecular complexity index is 974. The number of rotatable bonds is 3. The molecule has 0 amide bonds. The minimum Gasteiger partial charge on any atom is -0.396 e. The summed E-state index contributed by atoms with van der Waals surface area (Å²) in [6, 6.07) is 3.78. The predicted molar refractivity (Wildman–Crippen MR) is 92.1 cm³/mol. The monoisotopic (exact) mass is 331 g/mol. The van der Waals surface area contributed by atoms with Crippen LogP contribution in [0.2, 0.25) is 0 Å². The van der Waals surface area contributed by atoms with E-state index in [1.165, 1.54) is 0 Å². The first-order valence-corrected chi connectivity index (χ1v) is 8.74. The number of nitrogen functional groups attached to an aromatic ring is 1. The number of aryl methyl sites for hydroxylation is 1. The molecule has 0 spiro atoms. The highest BCUT2D eigenvalue weighted by atomic mass is 32.2. The molecule has 7 nitrogen and oxygen atoms in total. The highest BCUT2D eigenvalue weighted by molar-refractivity contribution is 8.14. The maximum absolute atomic E-state index is 12.2. The molecule has 3 N–H and O–H groups in total. The fraction of sp³-hybridized carbons (Fsp3) is 0.267. The number of aromatic nitrogens is 4. The second kappa shape index (κ2) is 5.96. The summed E-state index contributed by atoms with van der Waals surface area (Å²) in [6.07, 6.45) is 2.48. The summed E-state index contributed by atoms with van der Waals surface area (Å²) in [6.45, 7) is 3.80. The fourth-order valence-electron chi connectivity index (χ4n) is 2.39. The number of nitrogens with one attached hydrogen (secondary N) is 1. The minimum absolute atomic E-state index is 0.0696. The highest BCUT2D eigenvalue weighted by Gasteiger charge is 2.15. The van der Waals surface area contributed by atoms with Crippen LogP contribution in [0.4, 0.5) is 5.69 Å². The van der Waals surface area contributed by atoms with E-state index in [4.69, 9.17) is 5.73 Å². The third-order valence-electron chi connectivity index (χ3n) is 3.76. The Morgan fingerprint density at radius 1 is 1.39 bits per heavy atom. The molecule has 1 unspecified atom stereocenters. The topological polar surface area (TPSA) is 111 Å². The summed E-state index contributed by atoms with van der Waals surface area (Å²) in [5, 5.41) is 9.50. The van der Waals surface area contributed by atoms with Crippen LogP contribution in [0.5, 0.6) is 0 Å². The fourth-order valence-corrected chi connectivity index (χ4v) is 3.27. The molecule has 0 bridgehead atoms. The quantitative estimate of drug-likeness (QED) is 0.709. The number of H-pyrrole nitrogens is 1. The zero-order valence-corrected chi connectivity index (χ0v) is 13.9. The lowest BCUT2D eigenvalue weighted by atomic mass is 10.1. The SMILES string of the molecule is C/C=S(/C)c1ccc(Cc2c(C)nc3nonc3c2N)[nH]c1=O. The van der Waals surface area contributed by atoms with Gasteiger partial charge < -0.3 is 10.7 Å².